The number of piperazine rings is 1. The van der Waals surface area contributed by atoms with Crippen molar-refractivity contribution in [2.24, 2.45) is 11.8 Å². The topological polar surface area (TPSA) is 26.8 Å². The Morgan fingerprint density at radius 1 is 0.806 bits per heavy atom. The minimum absolute atomic E-state index is 0.0443. The van der Waals surface area contributed by atoms with Gasteiger partial charge in [-0.3, -0.25) is 4.79 Å². The second kappa shape index (κ2) is 9.96. The van der Waals surface area contributed by atoms with Crippen molar-refractivity contribution in [3.05, 3.63) is 95.8 Å². The Hall–Kier alpha value is -3.34. The predicted molar refractivity (Wildman–Crippen MR) is 143 cm³/mol. The number of carbonyl (C=O) groups is 1. The number of piperidine rings is 1. The maximum Gasteiger partial charge on any atom is 0.228 e. The van der Waals surface area contributed by atoms with E-state index in [1.807, 2.05) is 12.1 Å². The van der Waals surface area contributed by atoms with E-state index in [1.54, 1.807) is 6.07 Å². The van der Waals surface area contributed by atoms with Gasteiger partial charge in [-0.1, -0.05) is 60.7 Å². The summed E-state index contributed by atoms with van der Waals surface area (Å²) in [5.41, 5.74) is 4.52. The quantitative estimate of drug-likeness (QED) is 0.512. The number of hydrogen-bond acceptors (Lipinski definition) is 3. The zero-order valence-corrected chi connectivity index (χ0v) is 20.7. The second-order valence-corrected chi connectivity index (χ2v) is 10.6. The van der Waals surface area contributed by atoms with E-state index in [4.69, 9.17) is 0 Å². The third-order valence-electron chi connectivity index (χ3n) is 8.43. The van der Waals surface area contributed by atoms with E-state index in [1.165, 1.54) is 22.9 Å². The van der Waals surface area contributed by atoms with Gasteiger partial charge in [-0.05, 0) is 60.9 Å². The lowest BCUT2D eigenvalue weighted by molar-refractivity contribution is -0.137. The average molecular weight is 484 g/mol. The fourth-order valence-electron chi connectivity index (χ4n) is 6.51. The van der Waals surface area contributed by atoms with Crippen LogP contribution in [-0.4, -0.2) is 49.6 Å². The molecule has 2 fully saturated rings. The Bertz CT molecular complexity index is 1210. The zero-order chi connectivity index (χ0) is 24.5. The molecular weight excluding hydrogens is 449 g/mol. The summed E-state index contributed by atoms with van der Waals surface area (Å²) in [4.78, 5) is 20.7. The summed E-state index contributed by atoms with van der Waals surface area (Å²) < 4.78 is 14.6. The molecule has 0 bridgehead atoms. The van der Waals surface area contributed by atoms with Gasteiger partial charge in [0.2, 0.25) is 5.91 Å². The minimum atomic E-state index is -0.189. The van der Waals surface area contributed by atoms with Crippen molar-refractivity contribution in [2.45, 2.75) is 31.7 Å². The second-order valence-electron chi connectivity index (χ2n) is 10.6. The van der Waals surface area contributed by atoms with Crippen molar-refractivity contribution in [2.75, 3.05) is 42.5 Å². The van der Waals surface area contributed by atoms with Gasteiger partial charge in [0.1, 0.15) is 5.82 Å². The van der Waals surface area contributed by atoms with Crippen LogP contribution >= 0.6 is 0 Å². The number of carbonyl (C=O) groups excluding carboxylic acids is 1. The molecule has 3 aromatic rings. The molecule has 4 nitrogen and oxygen atoms in total. The van der Waals surface area contributed by atoms with E-state index in [9.17, 15) is 9.18 Å². The number of amides is 1. The molecular formula is C31H34FN3O. The monoisotopic (exact) mass is 483 g/mol. The van der Waals surface area contributed by atoms with Crippen molar-refractivity contribution in [3.8, 4) is 0 Å². The van der Waals surface area contributed by atoms with Crippen LogP contribution in [0.4, 0.5) is 15.8 Å². The molecule has 2 atom stereocenters. The molecule has 0 radical (unpaired) electrons. The Balaban J connectivity index is 1.20. The van der Waals surface area contributed by atoms with Crippen molar-refractivity contribution in [1.29, 1.82) is 0 Å². The van der Waals surface area contributed by atoms with E-state index in [0.717, 1.165) is 51.9 Å². The van der Waals surface area contributed by atoms with Crippen LogP contribution in [0.25, 0.3) is 0 Å². The number of halogens is 1. The molecule has 0 N–H and O–H groups in total. The van der Waals surface area contributed by atoms with E-state index in [0.29, 0.717) is 18.2 Å². The summed E-state index contributed by atoms with van der Waals surface area (Å²) in [6, 6.07) is 26.2. The summed E-state index contributed by atoms with van der Waals surface area (Å²) in [5, 5.41) is 0. The van der Waals surface area contributed by atoms with E-state index >= 15 is 0 Å². The summed E-state index contributed by atoms with van der Waals surface area (Å²) in [6.45, 7) is 3.86. The van der Waals surface area contributed by atoms with Crippen LogP contribution in [0, 0.1) is 17.7 Å². The van der Waals surface area contributed by atoms with Crippen LogP contribution in [0.2, 0.25) is 0 Å². The lowest BCUT2D eigenvalue weighted by Crippen LogP contribution is -2.62. The highest BCUT2D eigenvalue weighted by Gasteiger charge is 2.43. The van der Waals surface area contributed by atoms with Gasteiger partial charge in [-0.15, -0.1) is 0 Å². The smallest absolute Gasteiger partial charge is 0.228 e. The average Bonchev–Trinajstić information content (AvgIpc) is 2.93. The Morgan fingerprint density at radius 2 is 1.50 bits per heavy atom. The van der Waals surface area contributed by atoms with Crippen LogP contribution in [0.3, 0.4) is 0 Å². The molecule has 3 heterocycles. The van der Waals surface area contributed by atoms with Crippen LogP contribution in [0.1, 0.15) is 24.0 Å². The first kappa shape index (κ1) is 23.1. The Labute approximate surface area is 213 Å². The summed E-state index contributed by atoms with van der Waals surface area (Å²) in [7, 11) is 0. The van der Waals surface area contributed by atoms with Gasteiger partial charge in [0.25, 0.3) is 0 Å². The molecule has 3 aliphatic rings. The number of likely N-dealkylation sites (tertiary alicyclic amines) is 1. The number of nitrogens with zero attached hydrogens (tertiary/aromatic N) is 3. The molecule has 2 saturated heterocycles. The fourth-order valence-corrected chi connectivity index (χ4v) is 6.51. The highest BCUT2D eigenvalue weighted by atomic mass is 19.1. The van der Waals surface area contributed by atoms with Gasteiger partial charge in [0.15, 0.2) is 0 Å². The van der Waals surface area contributed by atoms with Gasteiger partial charge in [0, 0.05) is 38.4 Å². The first-order valence-electron chi connectivity index (χ1n) is 13.3. The molecule has 3 aromatic carbocycles. The number of rotatable bonds is 4. The summed E-state index contributed by atoms with van der Waals surface area (Å²) >= 11 is 0. The molecule has 1 amide bonds. The van der Waals surface area contributed by atoms with Crippen molar-refractivity contribution >= 4 is 17.3 Å². The standard InChI is InChI=1S/C31H34FN3O/c32-27-11-5-7-13-29(27)34-18-19-35-28-12-6-4-10-25(28)21-26(30(35)22-34)31(36)33-16-14-24(15-17-33)20-23-8-2-1-3-9-23/h1-13,24,26,30H,14-22H2. The first-order valence-corrected chi connectivity index (χ1v) is 13.3. The van der Waals surface area contributed by atoms with Crippen LogP contribution < -0.4 is 9.80 Å². The molecule has 186 valence electrons. The maximum atomic E-state index is 14.6. The largest absolute Gasteiger partial charge is 0.365 e. The van der Waals surface area contributed by atoms with Crippen molar-refractivity contribution in [3.63, 3.8) is 0 Å². The van der Waals surface area contributed by atoms with E-state index in [2.05, 4.69) is 69.3 Å². The molecule has 0 spiro atoms. The number of para-hydroxylation sites is 2. The summed E-state index contributed by atoms with van der Waals surface area (Å²) in [5.74, 6) is 0.602. The summed E-state index contributed by atoms with van der Waals surface area (Å²) in [6.07, 6.45) is 3.96. The highest BCUT2D eigenvalue weighted by Crippen LogP contribution is 2.38. The predicted octanol–water partition coefficient (Wildman–Crippen LogP) is 5.17. The molecule has 0 aromatic heterocycles. The lowest BCUT2D eigenvalue weighted by Gasteiger charge is -2.50. The molecule has 6 rings (SSSR count). The SMILES string of the molecule is O=C(C1Cc2ccccc2N2CCN(c3ccccc3F)CC12)N1CCC(Cc2ccccc2)CC1. The van der Waals surface area contributed by atoms with Crippen LogP contribution in [-0.2, 0) is 17.6 Å². The van der Waals surface area contributed by atoms with Gasteiger partial charge in [-0.25, -0.2) is 4.39 Å². The van der Waals surface area contributed by atoms with Crippen molar-refractivity contribution in [1.82, 2.24) is 4.90 Å². The molecule has 3 aliphatic heterocycles. The molecule has 5 heteroatoms. The third-order valence-corrected chi connectivity index (χ3v) is 8.43. The number of benzene rings is 3. The normalized spacial score (nSPS) is 22.2. The molecule has 0 saturated carbocycles. The fraction of sp³-hybridized carbons (Fsp3) is 0.387. The zero-order valence-electron chi connectivity index (χ0n) is 20.7. The van der Waals surface area contributed by atoms with E-state index < -0.39 is 0 Å². The number of anilines is 2. The third kappa shape index (κ3) is 4.47. The lowest BCUT2D eigenvalue weighted by atomic mass is 9.82. The molecule has 36 heavy (non-hydrogen) atoms. The maximum absolute atomic E-state index is 14.6. The highest BCUT2D eigenvalue weighted by molar-refractivity contribution is 5.82. The molecule has 2 unspecified atom stereocenters. The van der Waals surface area contributed by atoms with Gasteiger partial charge in [0.05, 0.1) is 17.6 Å². The van der Waals surface area contributed by atoms with E-state index in [-0.39, 0.29) is 23.7 Å². The number of hydrogen-bond donors (Lipinski definition) is 0. The Kier molecular flexibility index (Phi) is 6.39. The minimum Gasteiger partial charge on any atom is -0.365 e. The number of fused-ring (bicyclic) bond motifs is 3. The van der Waals surface area contributed by atoms with Gasteiger partial charge in [-0.2, -0.15) is 0 Å². The van der Waals surface area contributed by atoms with Crippen molar-refractivity contribution < 1.29 is 9.18 Å². The van der Waals surface area contributed by atoms with Gasteiger partial charge >= 0.3 is 0 Å². The Morgan fingerprint density at radius 3 is 2.28 bits per heavy atom. The van der Waals surface area contributed by atoms with Gasteiger partial charge < -0.3 is 14.7 Å². The van der Waals surface area contributed by atoms with Crippen LogP contribution in [0.15, 0.2) is 78.9 Å². The molecule has 0 aliphatic carbocycles. The first-order chi connectivity index (χ1) is 17.7. The van der Waals surface area contributed by atoms with Crippen LogP contribution in [0.5, 0.6) is 0 Å².